The van der Waals surface area contributed by atoms with Crippen LogP contribution >= 0.6 is 11.8 Å². The van der Waals surface area contributed by atoms with Gasteiger partial charge in [-0.3, -0.25) is 19.8 Å². The van der Waals surface area contributed by atoms with Crippen LogP contribution in [0.3, 0.4) is 0 Å². The lowest BCUT2D eigenvalue weighted by Gasteiger charge is -2.42. The Kier molecular flexibility index (Phi) is 4.94. The first-order valence-corrected chi connectivity index (χ1v) is 9.79. The third kappa shape index (κ3) is 3.54. The highest BCUT2D eigenvalue weighted by Crippen LogP contribution is 2.43. The van der Waals surface area contributed by atoms with Gasteiger partial charge in [0.2, 0.25) is 5.91 Å². The number of fused-ring (bicyclic) bond motifs is 1. The SMILES string of the molecule is N#CC1=C2SCN(c3ccc(F)cc3)CN2C(=O)C[C@@H]1c1ccc([N+](=O)[O-])cc1. The van der Waals surface area contributed by atoms with Crippen molar-refractivity contribution in [2.75, 3.05) is 17.4 Å². The van der Waals surface area contributed by atoms with E-state index in [4.69, 9.17) is 0 Å². The van der Waals surface area contributed by atoms with Gasteiger partial charge in [0.05, 0.1) is 34.1 Å². The van der Waals surface area contributed by atoms with Crippen molar-refractivity contribution in [3.63, 3.8) is 0 Å². The van der Waals surface area contributed by atoms with E-state index in [1.54, 1.807) is 29.2 Å². The van der Waals surface area contributed by atoms with Crippen molar-refractivity contribution >= 4 is 29.0 Å². The van der Waals surface area contributed by atoms with Crippen LogP contribution < -0.4 is 4.90 Å². The Morgan fingerprint density at radius 1 is 1.17 bits per heavy atom. The van der Waals surface area contributed by atoms with Crippen LogP contribution in [0.2, 0.25) is 0 Å². The molecule has 1 fully saturated rings. The van der Waals surface area contributed by atoms with E-state index in [-0.39, 0.29) is 30.5 Å². The highest BCUT2D eigenvalue weighted by atomic mass is 32.2. The number of nitriles is 1. The molecule has 1 amide bonds. The fourth-order valence-corrected chi connectivity index (χ4v) is 4.66. The summed E-state index contributed by atoms with van der Waals surface area (Å²) in [5.41, 5.74) is 1.95. The maximum atomic E-state index is 13.2. The Labute approximate surface area is 170 Å². The van der Waals surface area contributed by atoms with E-state index in [0.29, 0.717) is 22.0 Å². The number of anilines is 1. The quantitative estimate of drug-likeness (QED) is 0.562. The molecule has 0 radical (unpaired) electrons. The van der Waals surface area contributed by atoms with Crippen molar-refractivity contribution in [2.24, 2.45) is 0 Å². The number of allylic oxidation sites excluding steroid dienone is 1. The topological polar surface area (TPSA) is 90.5 Å². The van der Waals surface area contributed by atoms with Gasteiger partial charge >= 0.3 is 0 Å². The van der Waals surface area contributed by atoms with Gasteiger partial charge in [-0.1, -0.05) is 23.9 Å². The Morgan fingerprint density at radius 3 is 2.48 bits per heavy atom. The van der Waals surface area contributed by atoms with Crippen LogP contribution in [0.1, 0.15) is 17.9 Å². The van der Waals surface area contributed by atoms with Gasteiger partial charge < -0.3 is 4.90 Å². The first-order chi connectivity index (χ1) is 14.0. The first kappa shape index (κ1) is 19.0. The van der Waals surface area contributed by atoms with Crippen molar-refractivity contribution in [3.05, 3.63) is 80.6 Å². The lowest BCUT2D eigenvalue weighted by molar-refractivity contribution is -0.384. The average Bonchev–Trinajstić information content (AvgIpc) is 2.74. The minimum absolute atomic E-state index is 0.0364. The zero-order chi connectivity index (χ0) is 20.5. The number of amides is 1. The summed E-state index contributed by atoms with van der Waals surface area (Å²) in [4.78, 5) is 26.8. The third-order valence-electron chi connectivity index (χ3n) is 4.99. The first-order valence-electron chi connectivity index (χ1n) is 8.80. The summed E-state index contributed by atoms with van der Waals surface area (Å²) in [7, 11) is 0. The maximum Gasteiger partial charge on any atom is 0.269 e. The monoisotopic (exact) mass is 410 g/mol. The number of nitrogens with zero attached hydrogens (tertiary/aromatic N) is 4. The molecule has 1 atom stereocenters. The number of nitro groups is 1. The second kappa shape index (κ2) is 7.56. The summed E-state index contributed by atoms with van der Waals surface area (Å²) in [6.45, 7) is 0.283. The standard InChI is InChI=1S/C20H15FN4O3S/c21-14-3-7-15(8-4-14)23-11-24-19(26)9-17(18(10-22)20(24)29-12-23)13-1-5-16(6-2-13)25(27)28/h1-8,17H,9,11-12H2/t17-/m1/s1. The Balaban J connectivity index is 1.63. The van der Waals surface area contributed by atoms with E-state index < -0.39 is 10.8 Å². The van der Waals surface area contributed by atoms with Gasteiger partial charge in [-0.2, -0.15) is 5.26 Å². The van der Waals surface area contributed by atoms with Crippen molar-refractivity contribution in [1.29, 1.82) is 5.26 Å². The van der Waals surface area contributed by atoms with Crippen LogP contribution in [-0.4, -0.2) is 28.3 Å². The Bertz CT molecular complexity index is 1050. The number of carbonyl (C=O) groups is 1. The van der Waals surface area contributed by atoms with Crippen LogP contribution in [-0.2, 0) is 4.79 Å². The summed E-state index contributed by atoms with van der Waals surface area (Å²) in [6, 6.07) is 14.3. The van der Waals surface area contributed by atoms with E-state index in [2.05, 4.69) is 6.07 Å². The number of benzene rings is 2. The van der Waals surface area contributed by atoms with Crippen molar-refractivity contribution in [2.45, 2.75) is 12.3 Å². The number of non-ortho nitro benzene ring substituents is 1. The summed E-state index contributed by atoms with van der Waals surface area (Å²) in [6.07, 6.45) is 0.113. The van der Waals surface area contributed by atoms with Gasteiger partial charge in [-0.05, 0) is 29.8 Å². The predicted molar refractivity (Wildman–Crippen MR) is 106 cm³/mol. The highest BCUT2D eigenvalue weighted by Gasteiger charge is 2.38. The van der Waals surface area contributed by atoms with Gasteiger partial charge in [-0.25, -0.2) is 4.39 Å². The van der Waals surface area contributed by atoms with E-state index in [1.807, 2.05) is 4.90 Å². The second-order valence-corrected chi connectivity index (χ2v) is 7.62. The molecule has 2 heterocycles. The molecular weight excluding hydrogens is 395 g/mol. The Morgan fingerprint density at radius 2 is 1.86 bits per heavy atom. The van der Waals surface area contributed by atoms with Gasteiger partial charge in [0.1, 0.15) is 5.82 Å². The second-order valence-electron chi connectivity index (χ2n) is 6.69. The zero-order valence-electron chi connectivity index (χ0n) is 15.1. The molecular formula is C20H15FN4O3S. The summed E-state index contributed by atoms with van der Waals surface area (Å²) < 4.78 is 13.2. The molecule has 0 saturated carbocycles. The molecule has 0 spiro atoms. The van der Waals surface area contributed by atoms with Crippen molar-refractivity contribution in [3.8, 4) is 6.07 Å². The summed E-state index contributed by atoms with van der Waals surface area (Å²) >= 11 is 1.38. The number of nitro benzene ring substituents is 1. The molecule has 2 aliphatic heterocycles. The normalized spacial score (nSPS) is 19.0. The molecule has 2 aromatic carbocycles. The zero-order valence-corrected chi connectivity index (χ0v) is 15.9. The molecule has 9 heteroatoms. The van der Waals surface area contributed by atoms with E-state index in [9.17, 15) is 24.6 Å². The molecule has 0 bridgehead atoms. The number of hydrogen-bond donors (Lipinski definition) is 0. The lowest BCUT2D eigenvalue weighted by Crippen LogP contribution is -2.47. The largest absolute Gasteiger partial charge is 0.344 e. The molecule has 0 aliphatic carbocycles. The smallest absolute Gasteiger partial charge is 0.269 e. The van der Waals surface area contributed by atoms with Crippen LogP contribution in [0.25, 0.3) is 0 Å². The molecule has 2 aliphatic rings. The fraction of sp³-hybridized carbons (Fsp3) is 0.200. The van der Waals surface area contributed by atoms with Gasteiger partial charge in [0.25, 0.3) is 5.69 Å². The van der Waals surface area contributed by atoms with E-state index in [1.165, 1.54) is 36.0 Å². The summed E-state index contributed by atoms with van der Waals surface area (Å²) in [5, 5.41) is 21.3. The Hall–Kier alpha value is -3.38. The molecule has 0 unspecified atom stereocenters. The van der Waals surface area contributed by atoms with Gasteiger partial charge in [0.15, 0.2) is 0 Å². The number of carbonyl (C=O) groups excluding carboxylic acids is 1. The minimum atomic E-state index is -0.484. The molecule has 2 aromatic rings. The van der Waals surface area contributed by atoms with Crippen LogP contribution in [0, 0.1) is 27.3 Å². The average molecular weight is 410 g/mol. The maximum absolute atomic E-state index is 13.2. The minimum Gasteiger partial charge on any atom is -0.344 e. The van der Waals surface area contributed by atoms with Crippen LogP contribution in [0.15, 0.2) is 59.1 Å². The molecule has 0 aromatic heterocycles. The number of thioether (sulfide) groups is 1. The van der Waals surface area contributed by atoms with Crippen molar-refractivity contribution < 1.29 is 14.1 Å². The fourth-order valence-electron chi connectivity index (χ4n) is 3.49. The number of rotatable bonds is 3. The van der Waals surface area contributed by atoms with Gasteiger partial charge in [-0.15, -0.1) is 0 Å². The van der Waals surface area contributed by atoms with E-state index in [0.717, 1.165) is 5.69 Å². The molecule has 146 valence electrons. The van der Waals surface area contributed by atoms with Crippen LogP contribution in [0.4, 0.5) is 15.8 Å². The number of hydrogen-bond acceptors (Lipinski definition) is 6. The molecule has 29 heavy (non-hydrogen) atoms. The summed E-state index contributed by atoms with van der Waals surface area (Å²) in [5.74, 6) is -0.361. The van der Waals surface area contributed by atoms with E-state index >= 15 is 0 Å². The van der Waals surface area contributed by atoms with Crippen molar-refractivity contribution in [1.82, 2.24) is 4.90 Å². The molecule has 1 saturated heterocycles. The third-order valence-corrected chi connectivity index (χ3v) is 6.15. The van der Waals surface area contributed by atoms with Crippen LogP contribution in [0.5, 0.6) is 0 Å². The highest BCUT2D eigenvalue weighted by molar-refractivity contribution is 8.03. The molecule has 4 rings (SSSR count). The molecule has 0 N–H and O–H groups in total. The molecule has 7 nitrogen and oxygen atoms in total. The van der Waals surface area contributed by atoms with Gasteiger partial charge in [0, 0.05) is 30.2 Å². The predicted octanol–water partition coefficient (Wildman–Crippen LogP) is 3.95. The lowest BCUT2D eigenvalue weighted by atomic mass is 9.86. The number of halogens is 1.